The predicted octanol–water partition coefficient (Wildman–Crippen LogP) is 4.33. The number of thioether (sulfide) groups is 1. The Morgan fingerprint density at radius 3 is 2.35 bits per heavy atom. The zero-order chi connectivity index (χ0) is 24.6. The summed E-state index contributed by atoms with van der Waals surface area (Å²) in [5.41, 5.74) is 2.25. The van der Waals surface area contributed by atoms with Crippen LogP contribution in [0.15, 0.2) is 42.5 Å². The minimum atomic E-state index is -4.44. The molecular weight excluding hydrogens is 469 g/mol. The monoisotopic (exact) mass is 496 g/mol. The molecule has 6 nitrogen and oxygen atoms in total. The zero-order valence-corrected chi connectivity index (χ0v) is 19.6. The van der Waals surface area contributed by atoms with Crippen molar-refractivity contribution in [3.63, 3.8) is 0 Å². The molecule has 0 bridgehead atoms. The van der Waals surface area contributed by atoms with Crippen molar-refractivity contribution in [2.24, 2.45) is 0 Å². The highest BCUT2D eigenvalue weighted by atomic mass is 32.2. The van der Waals surface area contributed by atoms with Crippen LogP contribution in [-0.4, -0.2) is 61.2 Å². The van der Waals surface area contributed by atoms with Gasteiger partial charge in [0.05, 0.1) is 13.5 Å². The van der Waals surface area contributed by atoms with E-state index in [1.165, 1.54) is 13.2 Å². The number of halogens is 3. The van der Waals surface area contributed by atoms with Crippen LogP contribution < -0.4 is 14.8 Å². The summed E-state index contributed by atoms with van der Waals surface area (Å²) in [6, 6.07) is 11.8. The number of benzene rings is 2. The van der Waals surface area contributed by atoms with Crippen molar-refractivity contribution >= 4 is 29.3 Å². The van der Waals surface area contributed by atoms with Crippen LogP contribution in [0.1, 0.15) is 17.5 Å². The van der Waals surface area contributed by atoms with E-state index in [0.29, 0.717) is 18.5 Å². The summed E-state index contributed by atoms with van der Waals surface area (Å²) in [5, 5.41) is 2.82. The molecule has 1 heterocycles. The number of anilines is 1. The van der Waals surface area contributed by atoms with Gasteiger partial charge in [-0.05, 0) is 41.8 Å². The summed E-state index contributed by atoms with van der Waals surface area (Å²) in [6.45, 7) is 0.162. The van der Waals surface area contributed by atoms with Gasteiger partial charge in [-0.15, -0.1) is 0 Å². The first-order chi connectivity index (χ1) is 16.2. The normalized spacial score (nSPS) is 13.9. The second-order valence-corrected chi connectivity index (χ2v) is 9.03. The molecule has 0 saturated carbocycles. The Kier molecular flexibility index (Phi) is 9.09. The first kappa shape index (κ1) is 25.7. The molecule has 34 heavy (non-hydrogen) atoms. The average molecular weight is 497 g/mol. The van der Waals surface area contributed by atoms with Gasteiger partial charge in [-0.3, -0.25) is 9.59 Å². The highest BCUT2D eigenvalue weighted by molar-refractivity contribution is 7.99. The standard InChI is InChI=1S/C24H27F3N2O4S/c1-32-21-14-17(4-8-20(21)33-16-24(25,26)27)5-9-22(30)28-19-6-2-18(3-7-19)15-23(31)29-10-12-34-13-11-29/h2-4,6-8,14H,5,9-13,15-16H2,1H3,(H,28,30). The zero-order valence-electron chi connectivity index (χ0n) is 18.8. The molecule has 2 aromatic carbocycles. The van der Waals surface area contributed by atoms with Crippen molar-refractivity contribution < 1.29 is 32.2 Å². The van der Waals surface area contributed by atoms with Crippen LogP contribution in [0.3, 0.4) is 0 Å². The first-order valence-corrected chi connectivity index (χ1v) is 12.0. The number of rotatable bonds is 9. The quantitative estimate of drug-likeness (QED) is 0.560. The summed E-state index contributed by atoms with van der Waals surface area (Å²) in [4.78, 5) is 26.6. The van der Waals surface area contributed by atoms with Gasteiger partial charge < -0.3 is 19.7 Å². The molecular formula is C24H27F3N2O4S. The lowest BCUT2D eigenvalue weighted by molar-refractivity contribution is -0.153. The summed E-state index contributed by atoms with van der Waals surface area (Å²) in [5.74, 6) is 2.02. The molecule has 0 atom stereocenters. The molecule has 3 rings (SSSR count). The predicted molar refractivity (Wildman–Crippen MR) is 126 cm³/mol. The maximum atomic E-state index is 12.4. The van der Waals surface area contributed by atoms with Crippen LogP contribution in [0.2, 0.25) is 0 Å². The number of ether oxygens (including phenoxy) is 2. The van der Waals surface area contributed by atoms with Crippen LogP contribution in [0.25, 0.3) is 0 Å². The number of nitrogens with zero attached hydrogens (tertiary/aromatic N) is 1. The van der Waals surface area contributed by atoms with Crippen LogP contribution in [-0.2, 0) is 22.4 Å². The van der Waals surface area contributed by atoms with Gasteiger partial charge in [0.15, 0.2) is 18.1 Å². The van der Waals surface area contributed by atoms with Crippen LogP contribution >= 0.6 is 11.8 Å². The van der Waals surface area contributed by atoms with E-state index in [9.17, 15) is 22.8 Å². The Bertz CT molecular complexity index is 977. The molecule has 1 fully saturated rings. The summed E-state index contributed by atoms with van der Waals surface area (Å²) < 4.78 is 47.0. The third-order valence-electron chi connectivity index (χ3n) is 5.22. The van der Waals surface area contributed by atoms with E-state index in [1.807, 2.05) is 28.8 Å². The fourth-order valence-corrected chi connectivity index (χ4v) is 4.34. The third-order valence-corrected chi connectivity index (χ3v) is 6.16. The number of hydrogen-bond acceptors (Lipinski definition) is 5. The molecule has 0 aromatic heterocycles. The van der Waals surface area contributed by atoms with E-state index in [2.05, 4.69) is 5.32 Å². The number of aryl methyl sites for hydroxylation is 1. The SMILES string of the molecule is COc1cc(CCC(=O)Nc2ccc(CC(=O)N3CCSCC3)cc2)ccc1OCC(F)(F)F. The summed E-state index contributed by atoms with van der Waals surface area (Å²) in [6.07, 6.45) is -3.55. The van der Waals surface area contributed by atoms with Crippen molar-refractivity contribution in [1.29, 1.82) is 0 Å². The molecule has 184 valence electrons. The molecule has 1 N–H and O–H groups in total. The van der Waals surface area contributed by atoms with Crippen molar-refractivity contribution in [3.05, 3.63) is 53.6 Å². The van der Waals surface area contributed by atoms with E-state index < -0.39 is 12.8 Å². The van der Waals surface area contributed by atoms with Gasteiger partial charge in [0.1, 0.15) is 0 Å². The largest absolute Gasteiger partial charge is 0.493 e. The fraction of sp³-hybridized carbons (Fsp3) is 0.417. The maximum absolute atomic E-state index is 12.4. The Balaban J connectivity index is 1.47. The first-order valence-electron chi connectivity index (χ1n) is 10.8. The van der Waals surface area contributed by atoms with Gasteiger partial charge in [-0.1, -0.05) is 18.2 Å². The Morgan fingerprint density at radius 2 is 1.71 bits per heavy atom. The number of carbonyl (C=O) groups excluding carboxylic acids is 2. The number of hydrogen-bond donors (Lipinski definition) is 1. The Labute approximate surface area is 200 Å². The number of nitrogens with one attached hydrogen (secondary N) is 1. The third kappa shape index (κ3) is 8.16. The number of amides is 2. The van der Waals surface area contributed by atoms with Crippen molar-refractivity contribution in [1.82, 2.24) is 4.90 Å². The van der Waals surface area contributed by atoms with E-state index in [0.717, 1.165) is 35.7 Å². The smallest absolute Gasteiger partial charge is 0.422 e. The number of carbonyl (C=O) groups is 2. The van der Waals surface area contributed by atoms with E-state index in [-0.39, 0.29) is 29.7 Å². The molecule has 1 aliphatic rings. The van der Waals surface area contributed by atoms with Crippen molar-refractivity contribution in [3.8, 4) is 11.5 Å². The van der Waals surface area contributed by atoms with Gasteiger partial charge >= 0.3 is 6.18 Å². The van der Waals surface area contributed by atoms with Crippen LogP contribution in [0, 0.1) is 0 Å². The maximum Gasteiger partial charge on any atom is 0.422 e. The van der Waals surface area contributed by atoms with E-state index >= 15 is 0 Å². The second kappa shape index (κ2) is 12.0. The van der Waals surface area contributed by atoms with Gasteiger partial charge in [-0.2, -0.15) is 24.9 Å². The highest BCUT2D eigenvalue weighted by Crippen LogP contribution is 2.30. The summed E-state index contributed by atoms with van der Waals surface area (Å²) >= 11 is 1.85. The summed E-state index contributed by atoms with van der Waals surface area (Å²) in [7, 11) is 1.34. The van der Waals surface area contributed by atoms with Crippen LogP contribution in [0.4, 0.5) is 18.9 Å². The number of alkyl halides is 3. The molecule has 2 aromatic rings. The van der Waals surface area contributed by atoms with Crippen molar-refractivity contribution in [2.45, 2.75) is 25.4 Å². The average Bonchev–Trinajstić information content (AvgIpc) is 2.83. The molecule has 0 radical (unpaired) electrons. The molecule has 2 amide bonds. The van der Waals surface area contributed by atoms with Crippen LogP contribution in [0.5, 0.6) is 11.5 Å². The Hall–Kier alpha value is -2.88. The lowest BCUT2D eigenvalue weighted by atomic mass is 10.1. The van der Waals surface area contributed by atoms with Gasteiger partial charge in [-0.25, -0.2) is 0 Å². The Morgan fingerprint density at radius 1 is 1.03 bits per heavy atom. The lowest BCUT2D eigenvalue weighted by Crippen LogP contribution is -2.38. The minimum Gasteiger partial charge on any atom is -0.493 e. The van der Waals surface area contributed by atoms with E-state index in [4.69, 9.17) is 9.47 Å². The number of methoxy groups -OCH3 is 1. The van der Waals surface area contributed by atoms with Gasteiger partial charge in [0.25, 0.3) is 0 Å². The topological polar surface area (TPSA) is 67.9 Å². The van der Waals surface area contributed by atoms with Gasteiger partial charge in [0, 0.05) is 36.7 Å². The van der Waals surface area contributed by atoms with Gasteiger partial charge in [0.2, 0.25) is 11.8 Å². The molecule has 1 aliphatic heterocycles. The molecule has 0 unspecified atom stereocenters. The minimum absolute atomic E-state index is 0.00854. The lowest BCUT2D eigenvalue weighted by Gasteiger charge is -2.26. The molecule has 10 heteroatoms. The highest BCUT2D eigenvalue weighted by Gasteiger charge is 2.29. The molecule has 0 spiro atoms. The molecule has 1 saturated heterocycles. The second-order valence-electron chi connectivity index (χ2n) is 7.80. The van der Waals surface area contributed by atoms with Crippen molar-refractivity contribution in [2.75, 3.05) is 43.6 Å². The fourth-order valence-electron chi connectivity index (χ4n) is 3.43. The molecule has 0 aliphatic carbocycles. The van der Waals surface area contributed by atoms with E-state index in [1.54, 1.807) is 24.3 Å².